The summed E-state index contributed by atoms with van der Waals surface area (Å²) < 4.78 is 25.3. The fourth-order valence-electron chi connectivity index (χ4n) is 5.26. The van der Waals surface area contributed by atoms with Crippen molar-refractivity contribution in [2.45, 2.75) is 57.3 Å². The van der Waals surface area contributed by atoms with Gasteiger partial charge >= 0.3 is 126 Å². The number of thiophene rings is 1. The largest absolute Gasteiger partial charge is 0.305 e. The topological polar surface area (TPSA) is 25.8 Å². The summed E-state index contributed by atoms with van der Waals surface area (Å²) in [6.07, 6.45) is 5.01. The Morgan fingerprint density at radius 3 is 2.36 bits per heavy atom. The summed E-state index contributed by atoms with van der Waals surface area (Å²) in [5.74, 6) is 7.08. The van der Waals surface area contributed by atoms with Gasteiger partial charge in [0, 0.05) is 32.4 Å². The third kappa shape index (κ3) is 7.92. The summed E-state index contributed by atoms with van der Waals surface area (Å²) in [5, 5.41) is 2.13. The van der Waals surface area contributed by atoms with Crippen molar-refractivity contribution >= 4 is 49.2 Å². The predicted octanol–water partition coefficient (Wildman–Crippen LogP) is 10.5. The minimum absolute atomic E-state index is 0. The first-order valence-corrected chi connectivity index (χ1v) is 22.9. The number of nitrogens with zero attached hydrogens (tertiary/aromatic N) is 2. The molecule has 1 radical (unpaired) electrons. The molecular weight excluding hydrogens is 800 g/mol. The van der Waals surface area contributed by atoms with Gasteiger partial charge < -0.3 is 4.98 Å². The van der Waals surface area contributed by atoms with Crippen molar-refractivity contribution in [2.24, 2.45) is 5.92 Å². The first kappa shape index (κ1) is 32.7. The molecular formula is C38H39FGeIrN2S-2. The quantitative estimate of drug-likeness (QED) is 0.123. The van der Waals surface area contributed by atoms with Gasteiger partial charge in [0.05, 0.1) is 0 Å². The maximum Gasteiger partial charge on any atom is 0.124 e. The summed E-state index contributed by atoms with van der Waals surface area (Å²) in [6.45, 7) is 8.29. The molecule has 0 aliphatic carbocycles. The zero-order valence-corrected chi connectivity index (χ0v) is 31.7. The van der Waals surface area contributed by atoms with Crippen LogP contribution in [0.5, 0.6) is 0 Å². The van der Waals surface area contributed by atoms with Gasteiger partial charge in [-0.3, -0.25) is 0 Å². The van der Waals surface area contributed by atoms with Crippen LogP contribution >= 0.6 is 11.3 Å². The number of benzene rings is 3. The van der Waals surface area contributed by atoms with Crippen molar-refractivity contribution in [2.75, 3.05) is 0 Å². The Morgan fingerprint density at radius 2 is 1.68 bits per heavy atom. The summed E-state index contributed by atoms with van der Waals surface area (Å²) in [5.41, 5.74) is 6.24. The first-order chi connectivity index (χ1) is 20.8. The van der Waals surface area contributed by atoms with Gasteiger partial charge in [-0.25, -0.2) is 4.39 Å². The second kappa shape index (κ2) is 14.6. The number of hydrogen-bond donors (Lipinski definition) is 0. The number of fused-ring (bicyclic) bond motifs is 3. The van der Waals surface area contributed by atoms with Crippen molar-refractivity contribution in [3.05, 3.63) is 114 Å². The van der Waals surface area contributed by atoms with Crippen LogP contribution in [0.2, 0.25) is 17.3 Å². The van der Waals surface area contributed by atoms with Crippen LogP contribution in [-0.4, -0.2) is 23.2 Å². The average Bonchev–Trinajstić information content (AvgIpc) is 3.34. The molecule has 229 valence electrons. The van der Waals surface area contributed by atoms with E-state index in [4.69, 9.17) is 6.35 Å². The van der Waals surface area contributed by atoms with E-state index in [1.165, 1.54) is 11.6 Å². The molecule has 3 aromatic heterocycles. The Labute approximate surface area is 283 Å². The van der Waals surface area contributed by atoms with Gasteiger partial charge in [0.2, 0.25) is 0 Å². The summed E-state index contributed by atoms with van der Waals surface area (Å²) in [6, 6.07) is 29.5. The number of rotatable bonds is 6. The fourth-order valence-corrected chi connectivity index (χ4v) is 9.83. The van der Waals surface area contributed by atoms with Crippen LogP contribution in [0.15, 0.2) is 85.2 Å². The van der Waals surface area contributed by atoms with Crippen LogP contribution in [0.1, 0.15) is 46.1 Å². The SMILES string of the molecule is CC(C)Cc1cc(-c2[c-]cccc2)nc[c]1[Ge]([CH3])([CH3])[CH3].[2H]C(C)(C)c1ccnc(-c2[c-]ccc3c2sc2cc(F)ccc23)c1.[Ir]. The van der Waals surface area contributed by atoms with Crippen molar-refractivity contribution < 1.29 is 25.9 Å². The van der Waals surface area contributed by atoms with Crippen molar-refractivity contribution in [3.63, 3.8) is 0 Å². The summed E-state index contributed by atoms with van der Waals surface area (Å²) in [7, 11) is 0. The fraction of sp³-hybridized carbons (Fsp3) is 0.263. The molecule has 6 rings (SSSR count). The molecule has 2 nitrogen and oxygen atoms in total. The monoisotopic (exact) mass is 842 g/mol. The van der Waals surface area contributed by atoms with Gasteiger partial charge in [0.15, 0.2) is 0 Å². The van der Waals surface area contributed by atoms with E-state index in [1.807, 2.05) is 62.4 Å². The van der Waals surface area contributed by atoms with Crippen LogP contribution in [-0.2, 0) is 26.5 Å². The average molecular weight is 841 g/mol. The van der Waals surface area contributed by atoms with Crippen molar-refractivity contribution in [3.8, 4) is 22.5 Å². The molecule has 3 aromatic carbocycles. The van der Waals surface area contributed by atoms with E-state index in [-0.39, 0.29) is 25.9 Å². The van der Waals surface area contributed by atoms with Crippen LogP contribution in [0.25, 0.3) is 42.7 Å². The molecule has 0 fully saturated rings. The minimum Gasteiger partial charge on any atom is -0.305 e. The van der Waals surface area contributed by atoms with Crippen LogP contribution in [0.4, 0.5) is 4.39 Å². The molecule has 0 bridgehead atoms. The van der Waals surface area contributed by atoms with Gasteiger partial charge in [0.25, 0.3) is 0 Å². The molecule has 0 saturated carbocycles. The van der Waals surface area contributed by atoms with Gasteiger partial charge in [-0.15, -0.1) is 23.8 Å². The Kier molecular flexibility index (Phi) is 10.8. The first-order valence-electron chi connectivity index (χ1n) is 15.3. The second-order valence-electron chi connectivity index (χ2n) is 12.6. The second-order valence-corrected chi connectivity index (χ2v) is 24.2. The number of aromatic nitrogens is 2. The normalized spacial score (nSPS) is 12.1. The Bertz CT molecular complexity index is 1910. The van der Waals surface area contributed by atoms with E-state index >= 15 is 0 Å². The maximum absolute atomic E-state index is 13.5. The third-order valence-electron chi connectivity index (χ3n) is 7.40. The molecule has 0 saturated heterocycles. The molecule has 0 amide bonds. The summed E-state index contributed by atoms with van der Waals surface area (Å²) >= 11 is -0.306. The molecule has 3 heterocycles. The number of hydrogen-bond acceptors (Lipinski definition) is 3. The maximum atomic E-state index is 13.5. The van der Waals surface area contributed by atoms with E-state index in [9.17, 15) is 4.39 Å². The van der Waals surface area contributed by atoms with E-state index in [0.29, 0.717) is 5.92 Å². The van der Waals surface area contributed by atoms with Crippen molar-refractivity contribution in [1.29, 1.82) is 0 Å². The molecule has 0 aliphatic rings. The Hall–Kier alpha value is -2.70. The van der Waals surface area contributed by atoms with Crippen molar-refractivity contribution in [1.82, 2.24) is 9.97 Å². The van der Waals surface area contributed by atoms with Gasteiger partial charge in [0.1, 0.15) is 5.82 Å². The van der Waals surface area contributed by atoms with E-state index < -0.39 is 19.2 Å². The van der Waals surface area contributed by atoms with Gasteiger partial charge in [-0.1, -0.05) is 36.9 Å². The Morgan fingerprint density at radius 1 is 0.886 bits per heavy atom. The standard InChI is InChI=1S/C20H15FNS.C18H24GeN.Ir/c1-12(2)13-8-9-22-18(10-13)17-5-3-4-16-15-7-6-14(21)11-19(15)23-20(16)17;1-14(2)11-16-12-18(15-9-7-6-8-10-15)20-13-17(16)19(3,4)5;/h3-4,6-12H,1-2H3;6-9,12-14H,11H2,1-5H3;/q2*-1;/i12D;;. The zero-order valence-electron chi connectivity index (χ0n) is 27.4. The van der Waals surface area contributed by atoms with E-state index in [0.717, 1.165) is 54.7 Å². The molecule has 0 spiro atoms. The van der Waals surface area contributed by atoms with Crippen LogP contribution in [0.3, 0.4) is 0 Å². The van der Waals surface area contributed by atoms with Gasteiger partial charge in [-0.2, -0.15) is 11.3 Å². The van der Waals surface area contributed by atoms with Crippen LogP contribution < -0.4 is 4.40 Å². The number of halogens is 1. The molecule has 0 aliphatic heterocycles. The Balaban J connectivity index is 0.000000204. The van der Waals surface area contributed by atoms with Crippen LogP contribution in [0, 0.1) is 23.9 Å². The molecule has 0 N–H and O–H groups in total. The molecule has 6 aromatic rings. The summed E-state index contributed by atoms with van der Waals surface area (Å²) in [4.78, 5) is 9.18. The molecule has 0 unspecified atom stereocenters. The molecule has 6 heteroatoms. The predicted molar refractivity (Wildman–Crippen MR) is 185 cm³/mol. The third-order valence-corrected chi connectivity index (χ3v) is 12.9. The number of pyridine rings is 2. The smallest absolute Gasteiger partial charge is 0.124 e. The molecule has 0 atom stereocenters. The van der Waals surface area contributed by atoms with E-state index in [1.54, 1.807) is 28.0 Å². The van der Waals surface area contributed by atoms with Gasteiger partial charge in [-0.05, 0) is 39.9 Å². The molecule has 44 heavy (non-hydrogen) atoms. The minimum atomic E-state index is -1.86. The zero-order chi connectivity index (χ0) is 31.6. The van der Waals surface area contributed by atoms with E-state index in [2.05, 4.69) is 66.6 Å².